The molecule has 1 saturated heterocycles. The van der Waals surface area contributed by atoms with Crippen LogP contribution in [0, 0.1) is 11.6 Å². The van der Waals surface area contributed by atoms with Gasteiger partial charge in [-0.2, -0.15) is 4.31 Å². The average Bonchev–Trinajstić information content (AvgIpc) is 3.00. The molecule has 0 saturated carbocycles. The van der Waals surface area contributed by atoms with Gasteiger partial charge >= 0.3 is 0 Å². The van der Waals surface area contributed by atoms with Crippen molar-refractivity contribution in [1.29, 1.82) is 0 Å². The summed E-state index contributed by atoms with van der Waals surface area (Å²) in [5.74, 6) is -1.41. The van der Waals surface area contributed by atoms with Gasteiger partial charge in [0.25, 0.3) is 0 Å². The number of thiophene rings is 1. The molecule has 1 aromatic heterocycles. The third-order valence-electron chi connectivity index (χ3n) is 3.87. The van der Waals surface area contributed by atoms with Crippen LogP contribution in [0.4, 0.5) is 8.78 Å². The standard InChI is InChI=1S/C15H15F2NO2S2/c16-12-8-13(17)10-14(9-12)22(19,20)18-5-3-11(4-6-18)15-2-1-7-21-15/h1-2,7-11H,3-6H2. The Hall–Kier alpha value is -1.31. The number of hydrogen-bond acceptors (Lipinski definition) is 3. The molecule has 0 unspecified atom stereocenters. The van der Waals surface area contributed by atoms with E-state index in [-0.39, 0.29) is 4.90 Å². The topological polar surface area (TPSA) is 37.4 Å². The van der Waals surface area contributed by atoms with E-state index in [9.17, 15) is 17.2 Å². The van der Waals surface area contributed by atoms with Gasteiger partial charge in [-0.25, -0.2) is 17.2 Å². The van der Waals surface area contributed by atoms with Crippen molar-refractivity contribution in [1.82, 2.24) is 4.31 Å². The van der Waals surface area contributed by atoms with Crippen LogP contribution in [-0.4, -0.2) is 25.8 Å². The molecule has 1 fully saturated rings. The second kappa shape index (κ2) is 6.06. The number of rotatable bonds is 3. The Morgan fingerprint density at radius 2 is 1.73 bits per heavy atom. The quantitative estimate of drug-likeness (QED) is 0.854. The molecule has 0 radical (unpaired) electrons. The highest BCUT2D eigenvalue weighted by atomic mass is 32.2. The molecule has 118 valence electrons. The molecule has 3 nitrogen and oxygen atoms in total. The van der Waals surface area contributed by atoms with Crippen LogP contribution in [0.3, 0.4) is 0 Å². The van der Waals surface area contributed by atoms with E-state index in [1.165, 1.54) is 9.18 Å². The van der Waals surface area contributed by atoms with Gasteiger partial charge in [0.05, 0.1) is 4.90 Å². The summed E-state index contributed by atoms with van der Waals surface area (Å²) >= 11 is 1.67. The summed E-state index contributed by atoms with van der Waals surface area (Å²) in [4.78, 5) is 0.938. The Morgan fingerprint density at radius 1 is 1.09 bits per heavy atom. The molecular formula is C15H15F2NO2S2. The van der Waals surface area contributed by atoms with Crippen LogP contribution in [0.2, 0.25) is 0 Å². The molecule has 0 N–H and O–H groups in total. The lowest BCUT2D eigenvalue weighted by molar-refractivity contribution is 0.321. The molecule has 3 rings (SSSR count). The normalized spacial score (nSPS) is 17.7. The Morgan fingerprint density at radius 3 is 2.27 bits per heavy atom. The predicted molar refractivity (Wildman–Crippen MR) is 81.4 cm³/mol. The Balaban J connectivity index is 1.77. The number of benzene rings is 1. The predicted octanol–water partition coefficient (Wildman–Crippen LogP) is 3.59. The zero-order valence-corrected chi connectivity index (χ0v) is 13.3. The number of nitrogens with zero attached hydrogens (tertiary/aromatic N) is 1. The van der Waals surface area contributed by atoms with Crippen molar-refractivity contribution in [2.75, 3.05) is 13.1 Å². The third kappa shape index (κ3) is 3.06. The first-order valence-electron chi connectivity index (χ1n) is 6.96. The number of piperidine rings is 1. The molecule has 0 aliphatic carbocycles. The molecule has 0 spiro atoms. The Labute approximate surface area is 132 Å². The number of sulfonamides is 1. The SMILES string of the molecule is O=S(=O)(c1cc(F)cc(F)c1)N1CCC(c2cccs2)CC1. The zero-order valence-electron chi connectivity index (χ0n) is 11.7. The summed E-state index contributed by atoms with van der Waals surface area (Å²) < 4.78 is 52.8. The molecule has 1 aliphatic rings. The number of hydrogen-bond donors (Lipinski definition) is 0. The van der Waals surface area contributed by atoms with Gasteiger partial charge in [-0.1, -0.05) is 6.07 Å². The average molecular weight is 343 g/mol. The lowest BCUT2D eigenvalue weighted by Gasteiger charge is -2.30. The molecule has 22 heavy (non-hydrogen) atoms. The van der Waals surface area contributed by atoms with Crippen molar-refractivity contribution in [3.05, 3.63) is 52.2 Å². The maximum Gasteiger partial charge on any atom is 0.243 e. The summed E-state index contributed by atoms with van der Waals surface area (Å²) in [5, 5.41) is 2.01. The van der Waals surface area contributed by atoms with Crippen LogP contribution >= 0.6 is 11.3 Å². The van der Waals surface area contributed by atoms with Gasteiger partial charge in [-0.15, -0.1) is 11.3 Å². The first-order valence-corrected chi connectivity index (χ1v) is 9.28. The molecule has 0 amide bonds. The summed E-state index contributed by atoms with van der Waals surface area (Å²) in [6.45, 7) is 0.728. The van der Waals surface area contributed by atoms with E-state index in [1.54, 1.807) is 11.3 Å². The van der Waals surface area contributed by atoms with Crippen LogP contribution in [0.1, 0.15) is 23.6 Å². The van der Waals surface area contributed by atoms with Crippen molar-refractivity contribution >= 4 is 21.4 Å². The lowest BCUT2D eigenvalue weighted by atomic mass is 9.97. The van der Waals surface area contributed by atoms with Crippen LogP contribution in [0.15, 0.2) is 40.6 Å². The fraction of sp³-hybridized carbons (Fsp3) is 0.333. The van der Waals surface area contributed by atoms with Crippen molar-refractivity contribution < 1.29 is 17.2 Å². The highest BCUT2D eigenvalue weighted by molar-refractivity contribution is 7.89. The van der Waals surface area contributed by atoms with Crippen molar-refractivity contribution in [2.24, 2.45) is 0 Å². The Bertz CT molecular complexity index is 732. The summed E-state index contributed by atoms with van der Waals surface area (Å²) in [6, 6.07) is 6.44. The van der Waals surface area contributed by atoms with Gasteiger partial charge in [0, 0.05) is 24.0 Å². The van der Waals surface area contributed by atoms with Crippen LogP contribution in [0.25, 0.3) is 0 Å². The summed E-state index contributed by atoms with van der Waals surface area (Å²) in [7, 11) is -3.84. The molecule has 0 bridgehead atoms. The minimum absolute atomic E-state index is 0.320. The summed E-state index contributed by atoms with van der Waals surface area (Å²) in [6.07, 6.45) is 1.44. The van der Waals surface area contributed by atoms with Crippen molar-refractivity contribution in [2.45, 2.75) is 23.7 Å². The van der Waals surface area contributed by atoms with Crippen LogP contribution < -0.4 is 0 Å². The van der Waals surface area contributed by atoms with Gasteiger partial charge in [0.2, 0.25) is 10.0 Å². The summed E-state index contributed by atoms with van der Waals surface area (Å²) in [5.41, 5.74) is 0. The maximum absolute atomic E-state index is 13.3. The van der Waals surface area contributed by atoms with Gasteiger partial charge < -0.3 is 0 Å². The smallest absolute Gasteiger partial charge is 0.207 e. The lowest BCUT2D eigenvalue weighted by Crippen LogP contribution is -2.37. The monoisotopic (exact) mass is 343 g/mol. The maximum atomic E-state index is 13.3. The zero-order chi connectivity index (χ0) is 15.7. The molecular weight excluding hydrogens is 328 g/mol. The second-order valence-corrected chi connectivity index (χ2v) is 8.22. The van der Waals surface area contributed by atoms with Crippen LogP contribution in [-0.2, 0) is 10.0 Å². The fourth-order valence-corrected chi connectivity index (χ4v) is 5.14. The van der Waals surface area contributed by atoms with Crippen molar-refractivity contribution in [3.8, 4) is 0 Å². The largest absolute Gasteiger partial charge is 0.243 e. The van der Waals surface area contributed by atoms with Gasteiger partial charge in [0.15, 0.2) is 0 Å². The first-order chi connectivity index (χ1) is 10.5. The first kappa shape index (κ1) is 15.6. The van der Waals surface area contributed by atoms with E-state index in [1.807, 2.05) is 11.4 Å². The highest BCUT2D eigenvalue weighted by Gasteiger charge is 2.30. The third-order valence-corrected chi connectivity index (χ3v) is 6.78. The van der Waals surface area contributed by atoms with Gasteiger partial charge in [-0.05, 0) is 42.3 Å². The second-order valence-electron chi connectivity index (χ2n) is 5.30. The van der Waals surface area contributed by atoms with Crippen LogP contribution in [0.5, 0.6) is 0 Å². The van der Waals surface area contributed by atoms with Gasteiger partial charge in [-0.3, -0.25) is 0 Å². The van der Waals surface area contributed by atoms with E-state index in [0.29, 0.717) is 25.1 Å². The van der Waals surface area contributed by atoms with E-state index in [2.05, 4.69) is 6.07 Å². The van der Waals surface area contributed by atoms with E-state index in [4.69, 9.17) is 0 Å². The molecule has 1 aromatic carbocycles. The minimum atomic E-state index is -3.84. The molecule has 2 heterocycles. The molecule has 2 aromatic rings. The number of halogens is 2. The van der Waals surface area contributed by atoms with Gasteiger partial charge in [0.1, 0.15) is 11.6 Å². The molecule has 7 heteroatoms. The molecule has 1 aliphatic heterocycles. The fourth-order valence-electron chi connectivity index (χ4n) is 2.73. The van der Waals surface area contributed by atoms with E-state index < -0.39 is 21.7 Å². The van der Waals surface area contributed by atoms with E-state index in [0.717, 1.165) is 25.0 Å². The molecule has 0 atom stereocenters. The highest BCUT2D eigenvalue weighted by Crippen LogP contribution is 2.33. The Kier molecular flexibility index (Phi) is 4.29. The van der Waals surface area contributed by atoms with Crippen molar-refractivity contribution in [3.63, 3.8) is 0 Å². The van der Waals surface area contributed by atoms with E-state index >= 15 is 0 Å². The minimum Gasteiger partial charge on any atom is -0.207 e.